The maximum atomic E-state index is 12.2. The fourth-order valence-electron chi connectivity index (χ4n) is 3.89. The van der Waals surface area contributed by atoms with E-state index < -0.39 is 6.09 Å². The molecule has 0 atom stereocenters. The minimum absolute atomic E-state index is 0.0725. The zero-order valence-electron chi connectivity index (χ0n) is 16.7. The molecule has 5 heteroatoms. The number of carbonyl (C=O) groups is 1. The second-order valence-electron chi connectivity index (χ2n) is 7.17. The van der Waals surface area contributed by atoms with Crippen LogP contribution in [0.15, 0.2) is 78.9 Å². The lowest BCUT2D eigenvalue weighted by molar-refractivity contribution is 0.143. The van der Waals surface area contributed by atoms with Crippen LogP contribution in [0.2, 0.25) is 0 Å². The van der Waals surface area contributed by atoms with E-state index in [-0.39, 0.29) is 5.92 Å². The fraction of sp³-hybridized carbons (Fsp3) is 0.160. The second kappa shape index (κ2) is 9.29. The van der Waals surface area contributed by atoms with Crippen LogP contribution in [-0.4, -0.2) is 19.2 Å². The van der Waals surface area contributed by atoms with Gasteiger partial charge in [-0.15, -0.1) is 0 Å². The number of carbonyl (C=O) groups excluding carboxylic acids is 1. The molecule has 4 N–H and O–H groups in total. The van der Waals surface area contributed by atoms with Gasteiger partial charge >= 0.3 is 6.09 Å². The summed E-state index contributed by atoms with van der Waals surface area (Å²) in [5.74, 6) is 5.58. The van der Waals surface area contributed by atoms with E-state index in [1.807, 2.05) is 60.7 Å². The number of amides is 1. The monoisotopic (exact) mass is 399 g/mol. The SMILES string of the molecule is NNc1ccccc1C=CCCNC(=O)OCC1c2ccccc2-c2ccccc21. The van der Waals surface area contributed by atoms with E-state index in [0.29, 0.717) is 19.6 Å². The lowest BCUT2D eigenvalue weighted by Crippen LogP contribution is -2.26. The van der Waals surface area contributed by atoms with E-state index in [1.54, 1.807) is 0 Å². The van der Waals surface area contributed by atoms with E-state index in [0.717, 1.165) is 11.3 Å². The van der Waals surface area contributed by atoms with Crippen LogP contribution in [0.1, 0.15) is 29.0 Å². The van der Waals surface area contributed by atoms with Crippen LogP contribution in [0.4, 0.5) is 10.5 Å². The molecule has 0 saturated carbocycles. The summed E-state index contributed by atoms with van der Waals surface area (Å²) in [5, 5.41) is 2.82. The van der Waals surface area contributed by atoms with Crippen molar-refractivity contribution in [2.24, 2.45) is 5.84 Å². The molecule has 1 amide bonds. The number of anilines is 1. The third kappa shape index (κ3) is 4.21. The number of nitrogens with one attached hydrogen (secondary N) is 2. The van der Waals surface area contributed by atoms with Gasteiger partial charge in [0, 0.05) is 12.5 Å². The summed E-state index contributed by atoms with van der Waals surface area (Å²) >= 11 is 0. The fourth-order valence-corrected chi connectivity index (χ4v) is 3.89. The zero-order valence-corrected chi connectivity index (χ0v) is 16.7. The summed E-state index contributed by atoms with van der Waals surface area (Å²) < 4.78 is 5.54. The standard InChI is InChI=1S/C25H25N3O2/c26-28-24-15-6-1-9-18(24)10-7-8-16-27-25(29)30-17-23-21-13-4-2-11-19(21)20-12-3-5-14-22(20)23/h1-7,9-15,23,28H,8,16-17,26H2,(H,27,29). The predicted molar refractivity (Wildman–Crippen MR) is 121 cm³/mol. The van der Waals surface area contributed by atoms with Gasteiger partial charge in [0.25, 0.3) is 0 Å². The molecule has 1 aliphatic carbocycles. The molecule has 0 aromatic heterocycles. The first-order valence-corrected chi connectivity index (χ1v) is 10.1. The minimum atomic E-state index is -0.394. The number of nitrogen functional groups attached to an aromatic ring is 1. The molecule has 0 unspecified atom stereocenters. The van der Waals surface area contributed by atoms with Crippen LogP contribution in [0.3, 0.4) is 0 Å². The van der Waals surface area contributed by atoms with Gasteiger partial charge in [0.2, 0.25) is 0 Å². The van der Waals surface area contributed by atoms with Crippen molar-refractivity contribution in [3.63, 3.8) is 0 Å². The quantitative estimate of drug-likeness (QED) is 0.300. The van der Waals surface area contributed by atoms with E-state index in [9.17, 15) is 4.79 Å². The molecule has 1 aliphatic rings. The van der Waals surface area contributed by atoms with Gasteiger partial charge in [-0.2, -0.15) is 0 Å². The number of alkyl carbamates (subject to hydrolysis) is 1. The van der Waals surface area contributed by atoms with Crippen molar-refractivity contribution in [2.45, 2.75) is 12.3 Å². The number of hydrogen-bond donors (Lipinski definition) is 3. The van der Waals surface area contributed by atoms with E-state index in [2.05, 4.69) is 35.0 Å². The summed E-state index contributed by atoms with van der Waals surface area (Å²) in [4.78, 5) is 12.2. The topological polar surface area (TPSA) is 76.4 Å². The lowest BCUT2D eigenvalue weighted by Gasteiger charge is -2.14. The molecule has 0 fully saturated rings. The van der Waals surface area contributed by atoms with Crippen LogP contribution in [0.5, 0.6) is 0 Å². The number of hydrazine groups is 1. The highest BCUT2D eigenvalue weighted by Gasteiger charge is 2.28. The molecule has 0 radical (unpaired) electrons. The number of hydrogen-bond acceptors (Lipinski definition) is 4. The van der Waals surface area contributed by atoms with Crippen LogP contribution >= 0.6 is 0 Å². The largest absolute Gasteiger partial charge is 0.449 e. The average molecular weight is 399 g/mol. The Balaban J connectivity index is 1.28. The number of benzene rings is 3. The van der Waals surface area contributed by atoms with Gasteiger partial charge in [0.15, 0.2) is 0 Å². The van der Waals surface area contributed by atoms with Gasteiger partial charge in [0.1, 0.15) is 6.61 Å². The first kappa shape index (κ1) is 19.7. The van der Waals surface area contributed by atoms with Crippen LogP contribution in [0, 0.1) is 0 Å². The van der Waals surface area contributed by atoms with Gasteiger partial charge in [-0.25, -0.2) is 4.79 Å². The summed E-state index contributed by atoms with van der Waals surface area (Å²) in [6.45, 7) is 0.830. The molecule has 0 bridgehead atoms. The summed E-state index contributed by atoms with van der Waals surface area (Å²) in [6.07, 6.45) is 4.28. The molecule has 3 aromatic carbocycles. The van der Waals surface area contributed by atoms with Gasteiger partial charge in [-0.3, -0.25) is 5.84 Å². The first-order valence-electron chi connectivity index (χ1n) is 10.1. The average Bonchev–Trinajstić information content (AvgIpc) is 3.11. The highest BCUT2D eigenvalue weighted by molar-refractivity contribution is 5.79. The number of para-hydroxylation sites is 1. The Morgan fingerprint density at radius 1 is 0.933 bits per heavy atom. The molecule has 5 nitrogen and oxygen atoms in total. The summed E-state index contributed by atoms with van der Waals surface area (Å²) in [5.41, 5.74) is 9.40. The number of ether oxygens (including phenoxy) is 1. The molecular formula is C25H25N3O2. The van der Waals surface area contributed by atoms with Crippen molar-refractivity contribution < 1.29 is 9.53 Å². The van der Waals surface area contributed by atoms with Crippen LogP contribution < -0.4 is 16.6 Å². The Morgan fingerprint density at radius 3 is 2.27 bits per heavy atom. The first-order chi connectivity index (χ1) is 14.8. The van der Waals surface area contributed by atoms with Crippen molar-refractivity contribution in [1.82, 2.24) is 5.32 Å². The Morgan fingerprint density at radius 2 is 1.57 bits per heavy atom. The van der Waals surface area contributed by atoms with E-state index >= 15 is 0 Å². The summed E-state index contributed by atoms with van der Waals surface area (Å²) in [7, 11) is 0. The molecule has 0 spiro atoms. The molecule has 0 aliphatic heterocycles. The highest BCUT2D eigenvalue weighted by Crippen LogP contribution is 2.44. The van der Waals surface area contributed by atoms with Gasteiger partial charge < -0.3 is 15.5 Å². The highest BCUT2D eigenvalue weighted by atomic mass is 16.5. The Labute approximate surface area is 176 Å². The smallest absolute Gasteiger partial charge is 0.407 e. The Hall–Kier alpha value is -3.57. The second-order valence-corrected chi connectivity index (χ2v) is 7.17. The summed E-state index contributed by atoms with van der Waals surface area (Å²) in [6, 6.07) is 24.4. The number of rotatable bonds is 7. The molecular weight excluding hydrogens is 374 g/mol. The Bertz CT molecular complexity index is 1020. The molecule has 30 heavy (non-hydrogen) atoms. The van der Waals surface area contributed by atoms with Crippen molar-refractivity contribution in [1.29, 1.82) is 0 Å². The van der Waals surface area contributed by atoms with Gasteiger partial charge in [0.05, 0.1) is 5.69 Å². The van der Waals surface area contributed by atoms with Crippen molar-refractivity contribution in [2.75, 3.05) is 18.6 Å². The lowest BCUT2D eigenvalue weighted by atomic mass is 9.98. The van der Waals surface area contributed by atoms with Gasteiger partial charge in [-0.05, 0) is 40.3 Å². The van der Waals surface area contributed by atoms with Crippen LogP contribution in [-0.2, 0) is 4.74 Å². The van der Waals surface area contributed by atoms with Crippen molar-refractivity contribution in [3.05, 3.63) is 95.6 Å². The van der Waals surface area contributed by atoms with E-state index in [1.165, 1.54) is 22.3 Å². The van der Waals surface area contributed by atoms with Gasteiger partial charge in [-0.1, -0.05) is 78.9 Å². The molecule has 4 rings (SSSR count). The third-order valence-electron chi connectivity index (χ3n) is 5.34. The van der Waals surface area contributed by atoms with Crippen molar-refractivity contribution in [3.8, 4) is 11.1 Å². The molecule has 0 heterocycles. The van der Waals surface area contributed by atoms with Crippen molar-refractivity contribution >= 4 is 17.9 Å². The molecule has 152 valence electrons. The predicted octanol–water partition coefficient (Wildman–Crippen LogP) is 4.91. The number of fused-ring (bicyclic) bond motifs is 3. The molecule has 3 aromatic rings. The molecule has 0 saturated heterocycles. The zero-order chi connectivity index (χ0) is 20.8. The normalized spacial score (nSPS) is 12.4. The minimum Gasteiger partial charge on any atom is -0.449 e. The maximum Gasteiger partial charge on any atom is 0.407 e. The van der Waals surface area contributed by atoms with E-state index in [4.69, 9.17) is 10.6 Å². The maximum absolute atomic E-state index is 12.2. The number of nitrogens with two attached hydrogens (primary N) is 1. The third-order valence-corrected chi connectivity index (χ3v) is 5.34. The van der Waals surface area contributed by atoms with Crippen LogP contribution in [0.25, 0.3) is 17.2 Å². The Kier molecular flexibility index (Phi) is 6.11.